The molecule has 0 aliphatic heterocycles. The summed E-state index contributed by atoms with van der Waals surface area (Å²) in [5, 5.41) is 3.40. The van der Waals surface area contributed by atoms with Crippen molar-refractivity contribution in [3.8, 4) is 5.75 Å². The standard InChI is InChI=1S/C14H23NO/c1-4-15-13(3)9-7-11-16-14-10-6-5-8-12(14)2/h5-6,8,10,13,15H,4,7,9,11H2,1-3H3. The van der Waals surface area contributed by atoms with Gasteiger partial charge in [0.05, 0.1) is 6.61 Å². The third-order valence-corrected chi connectivity index (χ3v) is 2.69. The van der Waals surface area contributed by atoms with E-state index in [1.807, 2.05) is 18.2 Å². The van der Waals surface area contributed by atoms with Crippen LogP contribution < -0.4 is 10.1 Å². The number of nitrogens with one attached hydrogen (secondary N) is 1. The Kier molecular flexibility index (Phi) is 5.94. The molecule has 0 heterocycles. The Morgan fingerprint density at radius 1 is 1.31 bits per heavy atom. The number of benzene rings is 1. The van der Waals surface area contributed by atoms with Crippen molar-refractivity contribution in [1.29, 1.82) is 0 Å². The van der Waals surface area contributed by atoms with Gasteiger partial charge in [0, 0.05) is 6.04 Å². The predicted molar refractivity (Wildman–Crippen MR) is 69.0 cm³/mol. The molecule has 0 amide bonds. The van der Waals surface area contributed by atoms with Gasteiger partial charge in [-0.2, -0.15) is 0 Å². The molecule has 0 aliphatic rings. The average Bonchev–Trinajstić information content (AvgIpc) is 2.27. The SMILES string of the molecule is CCNC(C)CCCOc1ccccc1C. The van der Waals surface area contributed by atoms with E-state index in [0.717, 1.165) is 25.3 Å². The Morgan fingerprint density at radius 2 is 2.06 bits per heavy atom. The van der Waals surface area contributed by atoms with Crippen LogP contribution in [0.1, 0.15) is 32.3 Å². The van der Waals surface area contributed by atoms with Crippen LogP contribution in [0.4, 0.5) is 0 Å². The minimum atomic E-state index is 0.588. The van der Waals surface area contributed by atoms with Gasteiger partial charge in [-0.25, -0.2) is 0 Å². The average molecular weight is 221 g/mol. The van der Waals surface area contributed by atoms with Gasteiger partial charge in [-0.1, -0.05) is 25.1 Å². The number of para-hydroxylation sites is 1. The van der Waals surface area contributed by atoms with Crippen molar-refractivity contribution in [2.24, 2.45) is 0 Å². The molecule has 2 heteroatoms. The van der Waals surface area contributed by atoms with Crippen LogP contribution in [0.25, 0.3) is 0 Å². The zero-order valence-electron chi connectivity index (χ0n) is 10.6. The molecule has 1 rings (SSSR count). The van der Waals surface area contributed by atoms with Crippen molar-refractivity contribution in [3.05, 3.63) is 29.8 Å². The maximum Gasteiger partial charge on any atom is 0.122 e. The van der Waals surface area contributed by atoms with Crippen LogP contribution in [0.3, 0.4) is 0 Å². The van der Waals surface area contributed by atoms with Crippen molar-refractivity contribution in [2.75, 3.05) is 13.2 Å². The summed E-state index contributed by atoms with van der Waals surface area (Å²) in [7, 11) is 0. The number of hydrogen-bond acceptors (Lipinski definition) is 2. The van der Waals surface area contributed by atoms with Crippen LogP contribution in [0, 0.1) is 6.92 Å². The first-order valence-corrected chi connectivity index (χ1v) is 6.16. The second-order valence-corrected chi connectivity index (χ2v) is 4.21. The van der Waals surface area contributed by atoms with Crippen LogP contribution in [0.5, 0.6) is 5.75 Å². The number of ether oxygens (including phenoxy) is 1. The molecule has 1 aromatic rings. The Balaban J connectivity index is 2.19. The predicted octanol–water partition coefficient (Wildman–Crippen LogP) is 3.15. The molecule has 0 radical (unpaired) electrons. The zero-order valence-corrected chi connectivity index (χ0v) is 10.6. The second kappa shape index (κ2) is 7.29. The topological polar surface area (TPSA) is 21.3 Å². The molecule has 0 aliphatic carbocycles. The molecular weight excluding hydrogens is 198 g/mol. The first kappa shape index (κ1) is 13.0. The van der Waals surface area contributed by atoms with Crippen LogP contribution in [0.2, 0.25) is 0 Å². The Bertz CT molecular complexity index is 299. The fraction of sp³-hybridized carbons (Fsp3) is 0.571. The van der Waals surface area contributed by atoms with E-state index in [0.29, 0.717) is 6.04 Å². The van der Waals surface area contributed by atoms with E-state index in [9.17, 15) is 0 Å². The third kappa shape index (κ3) is 4.67. The van der Waals surface area contributed by atoms with Crippen molar-refractivity contribution >= 4 is 0 Å². The van der Waals surface area contributed by atoms with E-state index in [2.05, 4.69) is 32.2 Å². The smallest absolute Gasteiger partial charge is 0.122 e. The molecule has 1 unspecified atom stereocenters. The van der Waals surface area contributed by atoms with Crippen molar-refractivity contribution in [3.63, 3.8) is 0 Å². The molecule has 0 saturated carbocycles. The molecule has 90 valence electrons. The quantitative estimate of drug-likeness (QED) is 0.714. The normalized spacial score (nSPS) is 12.4. The maximum atomic E-state index is 5.74. The molecule has 0 bridgehead atoms. The highest BCUT2D eigenvalue weighted by molar-refractivity contribution is 5.31. The highest BCUT2D eigenvalue weighted by Crippen LogP contribution is 2.16. The van der Waals surface area contributed by atoms with Gasteiger partial charge in [-0.3, -0.25) is 0 Å². The first-order chi connectivity index (χ1) is 7.74. The molecule has 0 spiro atoms. The van der Waals surface area contributed by atoms with E-state index in [1.165, 1.54) is 12.0 Å². The van der Waals surface area contributed by atoms with Gasteiger partial charge in [0.1, 0.15) is 5.75 Å². The van der Waals surface area contributed by atoms with E-state index in [4.69, 9.17) is 4.74 Å². The lowest BCUT2D eigenvalue weighted by Crippen LogP contribution is -2.25. The molecular formula is C14H23NO. The summed E-state index contributed by atoms with van der Waals surface area (Å²) in [6, 6.07) is 8.75. The summed E-state index contributed by atoms with van der Waals surface area (Å²) in [4.78, 5) is 0. The lowest BCUT2D eigenvalue weighted by molar-refractivity contribution is 0.296. The van der Waals surface area contributed by atoms with Gasteiger partial charge >= 0.3 is 0 Å². The van der Waals surface area contributed by atoms with Crippen LogP contribution in [0.15, 0.2) is 24.3 Å². The summed E-state index contributed by atoms with van der Waals surface area (Å²) >= 11 is 0. The second-order valence-electron chi connectivity index (χ2n) is 4.21. The monoisotopic (exact) mass is 221 g/mol. The van der Waals surface area contributed by atoms with Gasteiger partial charge in [-0.15, -0.1) is 0 Å². The minimum Gasteiger partial charge on any atom is -0.493 e. The van der Waals surface area contributed by atoms with Crippen molar-refractivity contribution in [1.82, 2.24) is 5.32 Å². The molecule has 1 aromatic carbocycles. The number of rotatable bonds is 7. The highest BCUT2D eigenvalue weighted by Gasteiger charge is 2.00. The summed E-state index contributed by atoms with van der Waals surface area (Å²) in [6.07, 6.45) is 2.27. The fourth-order valence-corrected chi connectivity index (χ4v) is 1.74. The molecule has 1 atom stereocenters. The lowest BCUT2D eigenvalue weighted by atomic mass is 10.2. The molecule has 2 nitrogen and oxygen atoms in total. The summed E-state index contributed by atoms with van der Waals surface area (Å²) in [5.74, 6) is 1.01. The van der Waals surface area contributed by atoms with Gasteiger partial charge in [0.25, 0.3) is 0 Å². The van der Waals surface area contributed by atoms with E-state index < -0.39 is 0 Å². The summed E-state index contributed by atoms with van der Waals surface area (Å²) in [6.45, 7) is 8.29. The third-order valence-electron chi connectivity index (χ3n) is 2.69. The zero-order chi connectivity index (χ0) is 11.8. The molecule has 16 heavy (non-hydrogen) atoms. The van der Waals surface area contributed by atoms with Crippen LogP contribution in [-0.4, -0.2) is 19.2 Å². The van der Waals surface area contributed by atoms with Gasteiger partial charge in [0.2, 0.25) is 0 Å². The van der Waals surface area contributed by atoms with E-state index in [1.54, 1.807) is 0 Å². The Labute approximate surface area is 99.0 Å². The van der Waals surface area contributed by atoms with Gasteiger partial charge in [-0.05, 0) is 44.9 Å². The van der Waals surface area contributed by atoms with Gasteiger partial charge < -0.3 is 10.1 Å². The lowest BCUT2D eigenvalue weighted by Gasteiger charge is -2.13. The molecule has 1 N–H and O–H groups in total. The van der Waals surface area contributed by atoms with Crippen LogP contribution in [-0.2, 0) is 0 Å². The Hall–Kier alpha value is -1.02. The maximum absolute atomic E-state index is 5.74. The minimum absolute atomic E-state index is 0.588. The van der Waals surface area contributed by atoms with Gasteiger partial charge in [0.15, 0.2) is 0 Å². The summed E-state index contributed by atoms with van der Waals surface area (Å²) < 4.78 is 5.74. The molecule has 0 saturated heterocycles. The molecule has 0 aromatic heterocycles. The molecule has 0 fully saturated rings. The Morgan fingerprint density at radius 3 is 2.75 bits per heavy atom. The van der Waals surface area contributed by atoms with Crippen molar-refractivity contribution < 1.29 is 4.74 Å². The number of aryl methyl sites for hydroxylation is 1. The van der Waals surface area contributed by atoms with E-state index in [-0.39, 0.29) is 0 Å². The number of hydrogen-bond donors (Lipinski definition) is 1. The van der Waals surface area contributed by atoms with E-state index >= 15 is 0 Å². The van der Waals surface area contributed by atoms with Crippen LogP contribution >= 0.6 is 0 Å². The largest absolute Gasteiger partial charge is 0.493 e. The fourth-order valence-electron chi connectivity index (χ4n) is 1.74. The summed E-state index contributed by atoms with van der Waals surface area (Å²) in [5.41, 5.74) is 1.21. The highest BCUT2D eigenvalue weighted by atomic mass is 16.5. The first-order valence-electron chi connectivity index (χ1n) is 6.16. The van der Waals surface area contributed by atoms with Crippen molar-refractivity contribution in [2.45, 2.75) is 39.7 Å².